The Morgan fingerprint density at radius 3 is 2.22 bits per heavy atom. The van der Waals surface area contributed by atoms with Crippen molar-refractivity contribution in [2.75, 3.05) is 16.8 Å². The van der Waals surface area contributed by atoms with Gasteiger partial charge in [-0.1, -0.05) is 0 Å². The van der Waals surface area contributed by atoms with Gasteiger partial charge in [0.05, 0.1) is 29.6 Å². The second-order valence-corrected chi connectivity index (χ2v) is 6.71. The fraction of sp³-hybridized carbons (Fsp3) is 0.0476. The number of aromatic nitrogens is 4. The highest BCUT2D eigenvalue weighted by molar-refractivity contribution is 6.02. The monoisotopic (exact) mass is 431 g/mol. The molecule has 0 bridgehead atoms. The third kappa shape index (κ3) is 4.51. The SMILES string of the molecule is Nc1ccc(C(=O)OC(=O)c2ccc(NCc3cnc4nc(N)[nH]c(=O)c4n3)cc2)cc1. The van der Waals surface area contributed by atoms with E-state index in [2.05, 4.69) is 25.3 Å². The molecule has 11 heteroatoms. The summed E-state index contributed by atoms with van der Waals surface area (Å²) in [6, 6.07) is 12.4. The van der Waals surface area contributed by atoms with Gasteiger partial charge in [-0.2, -0.15) is 4.98 Å². The van der Waals surface area contributed by atoms with Crippen molar-refractivity contribution in [1.82, 2.24) is 19.9 Å². The number of H-pyrrole nitrogens is 1. The number of aromatic amines is 1. The Hall–Kier alpha value is -4.80. The van der Waals surface area contributed by atoms with Gasteiger partial charge in [-0.15, -0.1) is 0 Å². The van der Waals surface area contributed by atoms with E-state index in [1.54, 1.807) is 24.3 Å². The summed E-state index contributed by atoms with van der Waals surface area (Å²) in [5.74, 6) is -1.57. The van der Waals surface area contributed by atoms with Crippen molar-refractivity contribution in [1.29, 1.82) is 0 Å². The first-order valence-corrected chi connectivity index (χ1v) is 9.36. The summed E-state index contributed by atoms with van der Waals surface area (Å²) in [7, 11) is 0. The van der Waals surface area contributed by atoms with E-state index in [1.807, 2.05) is 0 Å². The van der Waals surface area contributed by atoms with Crippen molar-refractivity contribution < 1.29 is 14.3 Å². The number of nitrogens with zero attached hydrogens (tertiary/aromatic N) is 3. The summed E-state index contributed by atoms with van der Waals surface area (Å²) in [5, 5.41) is 3.10. The number of benzene rings is 2. The van der Waals surface area contributed by atoms with E-state index < -0.39 is 17.5 Å². The lowest BCUT2D eigenvalue weighted by Gasteiger charge is -2.08. The van der Waals surface area contributed by atoms with Gasteiger partial charge in [0.25, 0.3) is 5.56 Å². The van der Waals surface area contributed by atoms with Crippen LogP contribution in [0.25, 0.3) is 11.2 Å². The Bertz CT molecular complexity index is 1370. The number of esters is 2. The molecule has 4 aromatic rings. The number of anilines is 3. The molecule has 0 fully saturated rings. The second-order valence-electron chi connectivity index (χ2n) is 6.71. The Labute approximate surface area is 180 Å². The number of rotatable bonds is 5. The molecule has 0 aliphatic rings. The van der Waals surface area contributed by atoms with E-state index in [-0.39, 0.29) is 34.8 Å². The van der Waals surface area contributed by atoms with Crippen LogP contribution in [0.5, 0.6) is 0 Å². The second kappa shape index (κ2) is 8.52. The lowest BCUT2D eigenvalue weighted by Crippen LogP contribution is -2.15. The molecule has 2 aromatic heterocycles. The maximum Gasteiger partial charge on any atom is 0.346 e. The Morgan fingerprint density at radius 2 is 1.56 bits per heavy atom. The topological polar surface area (TPSA) is 179 Å². The van der Waals surface area contributed by atoms with Crippen LogP contribution in [0, 0.1) is 0 Å². The number of nitrogen functional groups attached to an aromatic ring is 2. The zero-order valence-corrected chi connectivity index (χ0v) is 16.5. The first-order valence-electron chi connectivity index (χ1n) is 9.36. The van der Waals surface area contributed by atoms with Crippen LogP contribution >= 0.6 is 0 Å². The van der Waals surface area contributed by atoms with Gasteiger partial charge in [0.1, 0.15) is 0 Å². The molecular weight excluding hydrogens is 414 g/mol. The van der Waals surface area contributed by atoms with Crippen molar-refractivity contribution in [3.8, 4) is 0 Å². The molecule has 0 aliphatic carbocycles. The molecule has 0 spiro atoms. The molecule has 0 radical (unpaired) electrons. The molecule has 0 saturated carbocycles. The largest absolute Gasteiger partial charge is 0.399 e. The predicted molar refractivity (Wildman–Crippen MR) is 117 cm³/mol. The fourth-order valence-electron chi connectivity index (χ4n) is 2.79. The molecule has 2 heterocycles. The van der Waals surface area contributed by atoms with Gasteiger partial charge in [-0.05, 0) is 48.5 Å². The number of carbonyl (C=O) groups excluding carboxylic acids is 2. The van der Waals surface area contributed by atoms with Crippen LogP contribution in [0.3, 0.4) is 0 Å². The minimum atomic E-state index is -0.773. The van der Waals surface area contributed by atoms with Crippen LogP contribution in [-0.4, -0.2) is 31.9 Å². The van der Waals surface area contributed by atoms with E-state index in [9.17, 15) is 14.4 Å². The number of nitrogens with one attached hydrogen (secondary N) is 2. The van der Waals surface area contributed by atoms with Gasteiger partial charge in [-0.25, -0.2) is 19.6 Å². The smallest absolute Gasteiger partial charge is 0.346 e. The summed E-state index contributed by atoms with van der Waals surface area (Å²) in [4.78, 5) is 50.8. The summed E-state index contributed by atoms with van der Waals surface area (Å²) in [6.07, 6.45) is 1.48. The quantitative estimate of drug-likeness (QED) is 0.205. The van der Waals surface area contributed by atoms with Crippen molar-refractivity contribution in [3.05, 3.63) is 81.9 Å². The molecule has 0 unspecified atom stereocenters. The fourth-order valence-corrected chi connectivity index (χ4v) is 2.79. The molecular formula is C21H17N7O4. The van der Waals surface area contributed by atoms with Gasteiger partial charge in [-0.3, -0.25) is 9.78 Å². The van der Waals surface area contributed by atoms with Crippen LogP contribution in [0.15, 0.2) is 59.5 Å². The molecule has 6 N–H and O–H groups in total. The number of hydrogen-bond acceptors (Lipinski definition) is 10. The minimum Gasteiger partial charge on any atom is -0.399 e. The summed E-state index contributed by atoms with van der Waals surface area (Å²) in [5.41, 5.74) is 12.9. The van der Waals surface area contributed by atoms with Crippen molar-refractivity contribution in [3.63, 3.8) is 0 Å². The van der Waals surface area contributed by atoms with Crippen LogP contribution < -0.4 is 22.3 Å². The average molecular weight is 431 g/mol. The van der Waals surface area contributed by atoms with Gasteiger partial charge >= 0.3 is 11.9 Å². The molecule has 160 valence electrons. The summed E-state index contributed by atoms with van der Waals surface area (Å²) < 4.78 is 4.89. The third-order valence-electron chi connectivity index (χ3n) is 4.41. The van der Waals surface area contributed by atoms with Crippen LogP contribution in [-0.2, 0) is 11.3 Å². The zero-order chi connectivity index (χ0) is 22.7. The first kappa shape index (κ1) is 20.5. The number of nitrogens with two attached hydrogens (primary N) is 2. The normalized spacial score (nSPS) is 10.6. The lowest BCUT2D eigenvalue weighted by atomic mass is 10.2. The first-order chi connectivity index (χ1) is 15.4. The highest BCUT2D eigenvalue weighted by Gasteiger charge is 2.15. The van der Waals surface area contributed by atoms with Crippen molar-refractivity contribution in [2.45, 2.75) is 6.54 Å². The average Bonchev–Trinajstić information content (AvgIpc) is 2.78. The van der Waals surface area contributed by atoms with Gasteiger partial charge < -0.3 is 21.5 Å². The van der Waals surface area contributed by atoms with Gasteiger partial charge in [0.2, 0.25) is 5.95 Å². The maximum absolute atomic E-state index is 12.2. The van der Waals surface area contributed by atoms with E-state index in [0.717, 1.165) is 0 Å². The summed E-state index contributed by atoms with van der Waals surface area (Å²) >= 11 is 0. The predicted octanol–water partition coefficient (Wildman–Crippen LogP) is 1.49. The molecule has 0 amide bonds. The Kier molecular flexibility index (Phi) is 5.45. The molecule has 2 aromatic carbocycles. The molecule has 0 saturated heterocycles. The van der Waals surface area contributed by atoms with E-state index in [0.29, 0.717) is 17.1 Å². The van der Waals surface area contributed by atoms with Gasteiger partial charge in [0, 0.05) is 11.4 Å². The minimum absolute atomic E-state index is 0.0311. The van der Waals surface area contributed by atoms with Crippen LogP contribution in [0.1, 0.15) is 26.4 Å². The number of ether oxygens (including phenoxy) is 1. The highest BCUT2D eigenvalue weighted by Crippen LogP contribution is 2.14. The van der Waals surface area contributed by atoms with E-state index in [1.165, 1.54) is 30.5 Å². The van der Waals surface area contributed by atoms with E-state index >= 15 is 0 Å². The lowest BCUT2D eigenvalue weighted by molar-refractivity contribution is 0.0398. The van der Waals surface area contributed by atoms with Gasteiger partial charge in [0.15, 0.2) is 11.2 Å². The molecule has 4 rings (SSSR count). The number of fused-ring (bicyclic) bond motifs is 1. The third-order valence-corrected chi connectivity index (χ3v) is 4.41. The summed E-state index contributed by atoms with van der Waals surface area (Å²) in [6.45, 7) is 0.270. The zero-order valence-electron chi connectivity index (χ0n) is 16.5. The van der Waals surface area contributed by atoms with Crippen molar-refractivity contribution >= 4 is 40.4 Å². The van der Waals surface area contributed by atoms with Crippen LogP contribution in [0.2, 0.25) is 0 Å². The molecule has 0 aliphatic heterocycles. The highest BCUT2D eigenvalue weighted by atomic mass is 16.6. The molecule has 0 atom stereocenters. The number of hydrogen-bond donors (Lipinski definition) is 4. The van der Waals surface area contributed by atoms with Crippen molar-refractivity contribution in [2.24, 2.45) is 0 Å². The van der Waals surface area contributed by atoms with Crippen LogP contribution in [0.4, 0.5) is 17.3 Å². The molecule has 11 nitrogen and oxygen atoms in total. The number of carbonyl (C=O) groups is 2. The Morgan fingerprint density at radius 1 is 0.938 bits per heavy atom. The standard InChI is InChI=1S/C21H17N7O4/c22-13-5-1-11(2-6-13)19(30)32-20(31)12-3-7-14(8-4-12)24-9-15-10-25-17-16(26-15)18(29)28-21(23)27-17/h1-8,10,24H,9,22H2,(H3,23,25,27,28,29). The van der Waals surface area contributed by atoms with E-state index in [4.69, 9.17) is 16.2 Å². The Balaban J connectivity index is 1.39. The maximum atomic E-state index is 12.2. The molecule has 32 heavy (non-hydrogen) atoms.